The predicted molar refractivity (Wildman–Crippen MR) is 129 cm³/mol. The van der Waals surface area contributed by atoms with Gasteiger partial charge in [0.2, 0.25) is 0 Å². The number of likely N-dealkylation sites (N-methyl/N-ethyl adjacent to an activating group) is 1. The van der Waals surface area contributed by atoms with Crippen LogP contribution in [0.15, 0.2) is 12.2 Å². The van der Waals surface area contributed by atoms with E-state index in [2.05, 4.69) is 19.1 Å². The van der Waals surface area contributed by atoms with Crippen molar-refractivity contribution in [3.63, 3.8) is 0 Å². The van der Waals surface area contributed by atoms with Gasteiger partial charge in [0, 0.05) is 18.8 Å². The van der Waals surface area contributed by atoms with E-state index in [0.29, 0.717) is 17.4 Å². The second-order valence-corrected chi connectivity index (χ2v) is 9.50. The molecule has 0 unspecified atom stereocenters. The van der Waals surface area contributed by atoms with Gasteiger partial charge in [-0.25, -0.2) is 0 Å². The maximum atomic E-state index is 12.0. The van der Waals surface area contributed by atoms with Gasteiger partial charge in [0.25, 0.3) is 0 Å². The number of nitrogens with zero attached hydrogens (tertiary/aromatic N) is 1. The van der Waals surface area contributed by atoms with Gasteiger partial charge < -0.3 is 19.1 Å². The molecule has 6 heteroatoms. The van der Waals surface area contributed by atoms with Crippen LogP contribution in [0, 0.1) is 0 Å². The molecule has 0 saturated carbocycles. The van der Waals surface area contributed by atoms with E-state index >= 15 is 0 Å². The van der Waals surface area contributed by atoms with Crippen LogP contribution in [-0.2, 0) is 14.3 Å². The second kappa shape index (κ2) is 20.8. The number of ether oxygens (including phenoxy) is 1. The lowest BCUT2D eigenvalue weighted by atomic mass is 10.1. The summed E-state index contributed by atoms with van der Waals surface area (Å²) < 4.78 is 5.91. The number of rotatable bonds is 20. The predicted octanol–water partition coefficient (Wildman–Crippen LogP) is 5.20. The molecule has 1 atom stereocenters. The van der Waals surface area contributed by atoms with Gasteiger partial charge in [-0.2, -0.15) is 0 Å². The number of allylic oxidation sites excluding steroid dienone is 2. The number of halogens is 1. The van der Waals surface area contributed by atoms with Gasteiger partial charge in [-0.1, -0.05) is 70.4 Å². The Morgan fingerprint density at radius 3 is 1.81 bits per heavy atom. The van der Waals surface area contributed by atoms with Crippen molar-refractivity contribution in [3.05, 3.63) is 12.2 Å². The zero-order valence-corrected chi connectivity index (χ0v) is 21.4. The highest BCUT2D eigenvalue weighted by molar-refractivity contribution is 5.85. The Labute approximate surface area is 197 Å². The van der Waals surface area contributed by atoms with Crippen LogP contribution in [-0.4, -0.2) is 50.2 Å². The molecule has 0 aromatic heterocycles. The minimum absolute atomic E-state index is 0. The normalized spacial score (nSPS) is 12.5. The van der Waals surface area contributed by atoms with Crippen molar-refractivity contribution in [1.29, 1.82) is 0 Å². The van der Waals surface area contributed by atoms with Crippen molar-refractivity contribution in [1.82, 2.24) is 0 Å². The Hall–Kier alpha value is -1.07. The van der Waals surface area contributed by atoms with Crippen molar-refractivity contribution in [2.75, 3.05) is 27.7 Å². The monoisotopic (exact) mass is 461 g/mol. The van der Waals surface area contributed by atoms with Crippen LogP contribution >= 0.6 is 12.4 Å². The van der Waals surface area contributed by atoms with Gasteiger partial charge in [0.15, 0.2) is 6.10 Å². The van der Waals surface area contributed by atoms with Crippen LogP contribution in [0.1, 0.15) is 103 Å². The number of carbonyl (C=O) groups is 2. The lowest BCUT2D eigenvalue weighted by Gasteiger charge is -2.29. The molecule has 0 aliphatic heterocycles. The smallest absolute Gasteiger partial charge is 0.306 e. The van der Waals surface area contributed by atoms with Gasteiger partial charge in [-0.3, -0.25) is 4.79 Å². The average Bonchev–Trinajstić information content (AvgIpc) is 2.63. The van der Waals surface area contributed by atoms with Gasteiger partial charge in [0.05, 0.1) is 21.1 Å². The Morgan fingerprint density at radius 1 is 0.839 bits per heavy atom. The molecule has 0 fully saturated rings. The molecule has 0 amide bonds. The number of carboxylic acid groups (broad SMARTS) is 1. The highest BCUT2D eigenvalue weighted by Gasteiger charge is 2.22. The van der Waals surface area contributed by atoms with Crippen molar-refractivity contribution in [2.24, 2.45) is 0 Å². The van der Waals surface area contributed by atoms with E-state index in [4.69, 9.17) is 4.74 Å². The Bertz CT molecular complexity index is 475. The van der Waals surface area contributed by atoms with E-state index in [-0.39, 0.29) is 24.8 Å². The molecule has 0 N–H and O–H groups in total. The summed E-state index contributed by atoms with van der Waals surface area (Å²) in [6, 6.07) is 0. The maximum Gasteiger partial charge on any atom is 0.306 e. The molecule has 0 heterocycles. The van der Waals surface area contributed by atoms with E-state index in [9.17, 15) is 14.7 Å². The molecule has 0 rings (SSSR count). The minimum Gasteiger partial charge on any atom is -0.550 e. The van der Waals surface area contributed by atoms with Crippen LogP contribution in [0.5, 0.6) is 0 Å². The van der Waals surface area contributed by atoms with E-state index in [1.165, 1.54) is 57.8 Å². The molecule has 5 nitrogen and oxygen atoms in total. The zero-order valence-electron chi connectivity index (χ0n) is 20.5. The third-order valence-electron chi connectivity index (χ3n) is 5.09. The third-order valence-corrected chi connectivity index (χ3v) is 5.09. The summed E-state index contributed by atoms with van der Waals surface area (Å²) in [5.41, 5.74) is 0. The average molecular weight is 462 g/mol. The van der Waals surface area contributed by atoms with Crippen LogP contribution in [0.2, 0.25) is 0 Å². The fourth-order valence-corrected chi connectivity index (χ4v) is 3.53. The molecule has 0 radical (unpaired) electrons. The van der Waals surface area contributed by atoms with Crippen molar-refractivity contribution in [3.8, 4) is 0 Å². The standard InChI is InChI=1S/C25H47NO4.ClH/c1-5-6-7-8-9-10-11-12-13-14-15-16-17-18-19-20-25(29)30-23(21-24(27)28)22-26(2,3)4;/h12-13,23H,5-11,14-22H2,1-4H3;1H/b13-12+;/t23-;/m1./s1. The van der Waals surface area contributed by atoms with Crippen LogP contribution in [0.3, 0.4) is 0 Å². The summed E-state index contributed by atoms with van der Waals surface area (Å²) in [4.78, 5) is 22.9. The summed E-state index contributed by atoms with van der Waals surface area (Å²) in [7, 11) is 5.83. The summed E-state index contributed by atoms with van der Waals surface area (Å²) in [6.07, 6.45) is 19.9. The maximum absolute atomic E-state index is 12.0. The summed E-state index contributed by atoms with van der Waals surface area (Å²) >= 11 is 0. The van der Waals surface area contributed by atoms with Crippen molar-refractivity contribution in [2.45, 2.75) is 109 Å². The first-order valence-corrected chi connectivity index (χ1v) is 12.1. The molecule has 0 aromatic rings. The lowest BCUT2D eigenvalue weighted by molar-refractivity contribution is -0.873. The highest BCUT2D eigenvalue weighted by Crippen LogP contribution is 2.12. The van der Waals surface area contributed by atoms with Gasteiger partial charge in [-0.05, 0) is 32.1 Å². The van der Waals surface area contributed by atoms with Crippen LogP contribution < -0.4 is 5.11 Å². The number of quaternary nitrogens is 1. The first-order valence-electron chi connectivity index (χ1n) is 12.1. The van der Waals surface area contributed by atoms with E-state index in [1.807, 2.05) is 21.1 Å². The molecular formula is C25H48ClNO4. The topological polar surface area (TPSA) is 66.4 Å². The molecule has 31 heavy (non-hydrogen) atoms. The molecule has 0 aromatic carbocycles. The van der Waals surface area contributed by atoms with Gasteiger partial charge in [0.1, 0.15) is 6.54 Å². The molecule has 0 aliphatic rings. The Morgan fingerprint density at radius 2 is 1.32 bits per heavy atom. The molecule has 0 saturated heterocycles. The van der Waals surface area contributed by atoms with E-state index < -0.39 is 12.1 Å². The van der Waals surface area contributed by atoms with Gasteiger partial charge >= 0.3 is 5.97 Å². The number of esters is 1. The summed E-state index contributed by atoms with van der Waals surface area (Å²) in [5, 5.41) is 10.9. The number of aliphatic carboxylic acids is 1. The van der Waals surface area contributed by atoms with E-state index in [1.54, 1.807) is 0 Å². The lowest BCUT2D eigenvalue weighted by Crippen LogP contribution is -2.45. The number of carboxylic acids is 1. The SMILES string of the molecule is CCCCCCCC/C=C/CCCCCCCC(=O)O[C@H](CC(=O)[O-])C[N+](C)(C)C.Cl. The molecular weight excluding hydrogens is 414 g/mol. The first-order chi connectivity index (χ1) is 14.2. The number of hydrogen-bond donors (Lipinski definition) is 0. The number of hydrogen-bond acceptors (Lipinski definition) is 4. The molecule has 0 bridgehead atoms. The molecule has 0 aliphatic carbocycles. The summed E-state index contributed by atoms with van der Waals surface area (Å²) in [6.45, 7) is 2.72. The van der Waals surface area contributed by atoms with Crippen LogP contribution in [0.4, 0.5) is 0 Å². The second-order valence-electron chi connectivity index (χ2n) is 9.50. The van der Waals surface area contributed by atoms with Crippen LogP contribution in [0.25, 0.3) is 0 Å². The van der Waals surface area contributed by atoms with Crippen molar-refractivity contribution >= 4 is 24.3 Å². The van der Waals surface area contributed by atoms with Gasteiger partial charge in [-0.15, -0.1) is 12.4 Å². The van der Waals surface area contributed by atoms with E-state index in [0.717, 1.165) is 25.7 Å². The fourth-order valence-electron chi connectivity index (χ4n) is 3.53. The van der Waals surface area contributed by atoms with Crippen molar-refractivity contribution < 1.29 is 23.9 Å². The molecule has 184 valence electrons. The Balaban J connectivity index is 0. The highest BCUT2D eigenvalue weighted by atomic mass is 35.5. The first kappa shape index (κ1) is 32.1. The minimum atomic E-state index is -1.18. The largest absolute Gasteiger partial charge is 0.550 e. The summed E-state index contributed by atoms with van der Waals surface area (Å²) in [5.74, 6) is -1.48. The fraction of sp³-hybridized carbons (Fsp3) is 0.840. The third kappa shape index (κ3) is 25.1. The number of carbonyl (C=O) groups excluding carboxylic acids is 2. The zero-order chi connectivity index (χ0) is 22.7. The quantitative estimate of drug-likeness (QED) is 0.108. The number of unbranched alkanes of at least 4 members (excludes halogenated alkanes) is 11. The Kier molecular flexibility index (Phi) is 21.6. The molecule has 0 spiro atoms.